The summed E-state index contributed by atoms with van der Waals surface area (Å²) in [4.78, 5) is 26.1. The number of carboxylic acid groups (broad SMARTS) is 1. The van der Waals surface area contributed by atoms with Crippen molar-refractivity contribution in [2.24, 2.45) is 5.41 Å². The minimum Gasteiger partial charge on any atom is -0.489 e. The van der Waals surface area contributed by atoms with Crippen LogP contribution in [0.3, 0.4) is 0 Å². The van der Waals surface area contributed by atoms with Crippen molar-refractivity contribution in [2.75, 3.05) is 26.2 Å². The van der Waals surface area contributed by atoms with Crippen molar-refractivity contribution in [3.63, 3.8) is 0 Å². The van der Waals surface area contributed by atoms with Gasteiger partial charge in [0.05, 0.1) is 0 Å². The predicted octanol–water partition coefficient (Wildman–Crippen LogP) is 6.29. The van der Waals surface area contributed by atoms with Crippen molar-refractivity contribution in [3.05, 3.63) is 101 Å². The van der Waals surface area contributed by atoms with E-state index in [4.69, 9.17) is 26.2 Å². The highest BCUT2D eigenvalue weighted by Crippen LogP contribution is 2.41. The third-order valence-corrected chi connectivity index (χ3v) is 7.40. The van der Waals surface area contributed by atoms with Crippen molar-refractivity contribution >= 4 is 23.5 Å². The summed E-state index contributed by atoms with van der Waals surface area (Å²) in [6, 6.07) is 25.9. The summed E-state index contributed by atoms with van der Waals surface area (Å²) in [5.74, 6) is -1.72. The molecule has 1 N–H and O–H groups in total. The fourth-order valence-electron chi connectivity index (χ4n) is 4.92. The Balaban J connectivity index is 0.000000470. The maximum Gasteiger partial charge on any atom is 0.490 e. The Morgan fingerprint density at radius 1 is 0.900 bits per heavy atom. The molecule has 0 aliphatic carbocycles. The first-order chi connectivity index (χ1) is 19.0. The Morgan fingerprint density at radius 3 is 2.10 bits per heavy atom. The molecule has 3 aromatic rings. The molecule has 212 valence electrons. The maximum absolute atomic E-state index is 12.7. The monoisotopic (exact) mass is 574 g/mol. The summed E-state index contributed by atoms with van der Waals surface area (Å²) in [7, 11) is 0. The van der Waals surface area contributed by atoms with Gasteiger partial charge in [0.2, 0.25) is 0 Å². The molecule has 1 spiro atoms. The molecule has 2 fully saturated rings. The topological polar surface area (TPSA) is 70.1 Å². The summed E-state index contributed by atoms with van der Waals surface area (Å²) in [5, 5.41) is 7.78. The number of piperidine rings is 1. The lowest BCUT2D eigenvalue weighted by molar-refractivity contribution is -0.192. The highest BCUT2D eigenvalue weighted by molar-refractivity contribution is 6.30. The molecule has 5 rings (SSSR count). The van der Waals surface area contributed by atoms with Gasteiger partial charge in [-0.05, 0) is 73.5 Å². The van der Waals surface area contributed by atoms with Crippen LogP contribution >= 0.6 is 11.6 Å². The predicted molar refractivity (Wildman–Crippen MR) is 145 cm³/mol. The second-order valence-corrected chi connectivity index (χ2v) is 10.6. The van der Waals surface area contributed by atoms with Gasteiger partial charge in [0.15, 0.2) is 0 Å². The van der Waals surface area contributed by atoms with Gasteiger partial charge >= 0.3 is 12.1 Å². The number of likely N-dealkylation sites (tertiary alicyclic amines) is 2. The number of carboxylic acids is 1. The summed E-state index contributed by atoms with van der Waals surface area (Å²) in [5.41, 5.74) is 3.47. The van der Waals surface area contributed by atoms with E-state index in [2.05, 4.69) is 35.2 Å². The number of benzene rings is 3. The van der Waals surface area contributed by atoms with E-state index in [-0.39, 0.29) is 5.91 Å². The second kappa shape index (κ2) is 12.7. The molecular weight excluding hydrogens is 545 g/mol. The number of rotatable bonds is 6. The van der Waals surface area contributed by atoms with Crippen molar-refractivity contribution < 1.29 is 32.6 Å². The van der Waals surface area contributed by atoms with Crippen molar-refractivity contribution in [1.29, 1.82) is 0 Å². The molecule has 2 saturated heterocycles. The van der Waals surface area contributed by atoms with Gasteiger partial charge in [0.1, 0.15) is 12.4 Å². The van der Waals surface area contributed by atoms with Crippen LogP contribution in [0.15, 0.2) is 78.9 Å². The number of aliphatic carboxylic acids is 1. The number of halogens is 4. The number of hydrogen-bond acceptors (Lipinski definition) is 4. The Labute approximate surface area is 235 Å². The smallest absolute Gasteiger partial charge is 0.489 e. The van der Waals surface area contributed by atoms with Crippen molar-refractivity contribution in [2.45, 2.75) is 32.2 Å². The van der Waals surface area contributed by atoms with Gasteiger partial charge in [0.25, 0.3) is 5.91 Å². The molecule has 0 atom stereocenters. The van der Waals surface area contributed by atoms with Gasteiger partial charge in [-0.1, -0.05) is 54.1 Å². The number of ether oxygens (including phenoxy) is 1. The van der Waals surface area contributed by atoms with E-state index in [9.17, 15) is 18.0 Å². The van der Waals surface area contributed by atoms with Crippen LogP contribution in [0.4, 0.5) is 13.2 Å². The Hall–Kier alpha value is -3.56. The molecule has 2 aliphatic rings. The van der Waals surface area contributed by atoms with Crippen LogP contribution in [0.25, 0.3) is 0 Å². The van der Waals surface area contributed by atoms with E-state index in [1.807, 2.05) is 41.3 Å². The van der Waals surface area contributed by atoms with E-state index in [1.165, 1.54) is 11.1 Å². The average Bonchev–Trinajstić information content (AvgIpc) is 2.92. The lowest BCUT2D eigenvalue weighted by atomic mass is 9.71. The minimum absolute atomic E-state index is 0.118. The highest BCUT2D eigenvalue weighted by atomic mass is 35.5. The Morgan fingerprint density at radius 2 is 1.50 bits per heavy atom. The van der Waals surface area contributed by atoms with Gasteiger partial charge in [-0.15, -0.1) is 0 Å². The van der Waals surface area contributed by atoms with E-state index < -0.39 is 12.1 Å². The molecule has 2 aliphatic heterocycles. The number of carbonyl (C=O) groups is 2. The molecule has 10 heteroatoms. The summed E-state index contributed by atoms with van der Waals surface area (Å²) >= 11 is 5.95. The number of amides is 1. The first-order valence-corrected chi connectivity index (χ1v) is 13.2. The zero-order valence-electron chi connectivity index (χ0n) is 21.7. The van der Waals surface area contributed by atoms with Crippen LogP contribution in [0, 0.1) is 5.41 Å². The number of nitrogens with zero attached hydrogens (tertiary/aromatic N) is 2. The van der Waals surface area contributed by atoms with Gasteiger partial charge in [-0.25, -0.2) is 4.79 Å². The zero-order chi connectivity index (χ0) is 28.8. The third-order valence-electron chi connectivity index (χ3n) is 7.14. The number of carbonyl (C=O) groups excluding carboxylic acids is 1. The quantitative estimate of drug-likeness (QED) is 0.375. The van der Waals surface area contributed by atoms with E-state index in [1.54, 1.807) is 12.1 Å². The zero-order valence-corrected chi connectivity index (χ0v) is 22.5. The van der Waals surface area contributed by atoms with Crippen molar-refractivity contribution in [3.8, 4) is 5.75 Å². The first-order valence-electron chi connectivity index (χ1n) is 12.9. The fourth-order valence-corrected chi connectivity index (χ4v) is 5.04. The molecule has 0 aromatic heterocycles. The number of alkyl halides is 3. The normalized spacial score (nSPS) is 16.4. The first kappa shape index (κ1) is 29.4. The molecule has 0 bridgehead atoms. The van der Waals surface area contributed by atoms with Crippen molar-refractivity contribution in [1.82, 2.24) is 9.80 Å². The second-order valence-electron chi connectivity index (χ2n) is 10.2. The molecule has 3 aromatic carbocycles. The van der Waals surface area contributed by atoms with Gasteiger partial charge in [-0.2, -0.15) is 13.2 Å². The van der Waals surface area contributed by atoms with E-state index in [0.717, 1.165) is 56.9 Å². The SMILES string of the molecule is O=C(O)C(F)(F)F.O=C(c1ccc(Cl)cc1)N1CC2(CCN(Cc3cccc(OCc4ccccc4)c3)CC2)C1. The standard InChI is InChI=1S/C28H29ClN2O2.C2HF3O2/c29-25-11-9-24(10-12-25)27(32)31-20-28(21-31)13-15-30(16-14-28)18-23-7-4-8-26(17-23)33-19-22-5-2-1-3-6-22;3-2(4,5)1(6)7/h1-12,17H,13-16,18-21H2;(H,6,7). The van der Waals surface area contributed by atoms with Crippen LogP contribution in [0.1, 0.15) is 34.3 Å². The summed E-state index contributed by atoms with van der Waals surface area (Å²) in [6.45, 7) is 5.39. The summed E-state index contributed by atoms with van der Waals surface area (Å²) in [6.07, 6.45) is -2.80. The Bertz CT molecular complexity index is 1290. The van der Waals surface area contributed by atoms with Gasteiger partial charge in [0, 0.05) is 35.6 Å². The largest absolute Gasteiger partial charge is 0.490 e. The van der Waals surface area contributed by atoms with Crippen LogP contribution in [-0.4, -0.2) is 59.1 Å². The minimum atomic E-state index is -5.08. The van der Waals surface area contributed by atoms with Crippen LogP contribution in [-0.2, 0) is 17.9 Å². The lowest BCUT2D eigenvalue weighted by Crippen LogP contribution is -2.61. The average molecular weight is 575 g/mol. The maximum atomic E-state index is 12.7. The summed E-state index contributed by atoms with van der Waals surface area (Å²) < 4.78 is 37.7. The van der Waals surface area contributed by atoms with E-state index >= 15 is 0 Å². The molecule has 0 saturated carbocycles. The fraction of sp³-hybridized carbons (Fsp3) is 0.333. The molecule has 40 heavy (non-hydrogen) atoms. The molecule has 1 amide bonds. The number of hydrogen-bond donors (Lipinski definition) is 1. The molecule has 0 radical (unpaired) electrons. The van der Waals surface area contributed by atoms with Crippen LogP contribution in [0.2, 0.25) is 5.02 Å². The molecule has 0 unspecified atom stereocenters. The van der Waals surface area contributed by atoms with E-state index in [0.29, 0.717) is 17.0 Å². The van der Waals surface area contributed by atoms with Crippen LogP contribution < -0.4 is 4.74 Å². The molecule has 6 nitrogen and oxygen atoms in total. The van der Waals surface area contributed by atoms with Gasteiger partial charge in [-0.3, -0.25) is 9.69 Å². The third kappa shape index (κ3) is 7.99. The molecule has 2 heterocycles. The van der Waals surface area contributed by atoms with Gasteiger partial charge < -0.3 is 14.7 Å². The van der Waals surface area contributed by atoms with Crippen LogP contribution in [0.5, 0.6) is 5.75 Å². The molecular formula is C30H30ClF3N2O4. The lowest BCUT2D eigenvalue weighted by Gasteiger charge is -2.54. The Kier molecular flexibility index (Phi) is 9.37. The highest BCUT2D eigenvalue weighted by Gasteiger charge is 2.46.